The Balaban J connectivity index is 1.26. The van der Waals surface area contributed by atoms with Crippen LogP contribution in [0.4, 0.5) is 11.4 Å². The van der Waals surface area contributed by atoms with Gasteiger partial charge in [0.2, 0.25) is 11.8 Å². The van der Waals surface area contributed by atoms with E-state index in [2.05, 4.69) is 37.5 Å². The van der Waals surface area contributed by atoms with E-state index >= 15 is 4.79 Å². The number of aliphatic hydroxyl groups excluding tert-OH is 1. The summed E-state index contributed by atoms with van der Waals surface area (Å²) in [4.78, 5) is 47.2. The second-order valence-electron chi connectivity index (χ2n) is 14.7. The van der Waals surface area contributed by atoms with E-state index in [1.165, 1.54) is 5.19 Å². The molecule has 11 heteroatoms. The highest BCUT2D eigenvalue weighted by Crippen LogP contribution is 2.60. The third-order valence-corrected chi connectivity index (χ3v) is 16.0. The number of anilines is 2. The fourth-order valence-electron chi connectivity index (χ4n) is 9.15. The molecule has 0 bridgehead atoms. The molecule has 3 saturated heterocycles. The van der Waals surface area contributed by atoms with Gasteiger partial charge in [-0.1, -0.05) is 67.7 Å². The predicted molar refractivity (Wildman–Crippen MR) is 195 cm³/mol. The van der Waals surface area contributed by atoms with E-state index in [0.29, 0.717) is 26.2 Å². The highest BCUT2D eigenvalue weighted by atomic mass is 28.3. The van der Waals surface area contributed by atoms with Gasteiger partial charge in [0, 0.05) is 36.8 Å². The van der Waals surface area contributed by atoms with Crippen LogP contribution in [0, 0.1) is 5.92 Å². The summed E-state index contributed by atoms with van der Waals surface area (Å²) in [5, 5.41) is 14.4. The molecule has 0 aliphatic carbocycles. The SMILES string of the molecule is COc1ccc([Si](C)(C)[C@H]2[C@H](CC(=O)N3CCC[C@H]3CO)O[C@@]3(C(=O)N(Cc4cccc(N5CCNCC5=O)c4)c4ccccc43)[C@@H]2C)cc1. The van der Waals surface area contributed by atoms with E-state index in [1.54, 1.807) is 12.0 Å². The van der Waals surface area contributed by atoms with Crippen LogP contribution in [0.25, 0.3) is 0 Å². The van der Waals surface area contributed by atoms with Gasteiger partial charge in [0.15, 0.2) is 5.60 Å². The number of para-hydroxylation sites is 1. The van der Waals surface area contributed by atoms with Crippen molar-refractivity contribution in [3.8, 4) is 5.75 Å². The topological polar surface area (TPSA) is 112 Å². The zero-order valence-corrected chi connectivity index (χ0v) is 30.4. The van der Waals surface area contributed by atoms with Crippen molar-refractivity contribution < 1.29 is 29.0 Å². The largest absolute Gasteiger partial charge is 0.497 e. The van der Waals surface area contributed by atoms with E-state index in [9.17, 15) is 14.7 Å². The lowest BCUT2D eigenvalue weighted by atomic mass is 9.82. The molecular weight excluding hydrogens is 649 g/mol. The van der Waals surface area contributed by atoms with Crippen molar-refractivity contribution in [2.75, 3.05) is 49.7 Å². The Morgan fingerprint density at radius 2 is 1.84 bits per heavy atom. The summed E-state index contributed by atoms with van der Waals surface area (Å²) < 4.78 is 12.6. The smallest absolute Gasteiger partial charge is 0.264 e. The molecule has 3 aromatic rings. The van der Waals surface area contributed by atoms with Gasteiger partial charge in [0.1, 0.15) is 5.75 Å². The zero-order valence-electron chi connectivity index (χ0n) is 29.4. The number of carbonyl (C=O) groups excluding carboxylic acids is 3. The first-order valence-electron chi connectivity index (χ1n) is 17.8. The summed E-state index contributed by atoms with van der Waals surface area (Å²) in [6.45, 7) is 9.27. The third-order valence-electron chi connectivity index (χ3n) is 11.7. The van der Waals surface area contributed by atoms with Crippen molar-refractivity contribution in [1.29, 1.82) is 0 Å². The van der Waals surface area contributed by atoms with Gasteiger partial charge in [-0.2, -0.15) is 0 Å². The Hall–Kier alpha value is -4.03. The van der Waals surface area contributed by atoms with Crippen molar-refractivity contribution in [3.05, 3.63) is 83.9 Å². The number of nitrogens with zero attached hydrogens (tertiary/aromatic N) is 3. The standard InChI is InChI=1S/C39H48N4O6Si/c1-26-37(50(3,4)31-16-14-30(48-2)15-17-31)34(22-35(45)41-19-8-11-29(41)25-44)49-39(26)32-12-5-6-13-33(32)43(38(39)47)24-27-9-7-10-28(21-27)42-20-18-40-23-36(42)46/h5-7,9-10,12-17,21,26,29,34,37,40,44H,8,11,18-20,22-25H2,1-4H3/t26-,29+,34+,37-,39+/m1/s1. The Labute approximate surface area is 295 Å². The maximum absolute atomic E-state index is 15.1. The molecule has 5 atom stereocenters. The van der Waals surface area contributed by atoms with Crippen LogP contribution in [-0.2, 0) is 31.3 Å². The maximum Gasteiger partial charge on any atom is 0.264 e. The van der Waals surface area contributed by atoms with Crippen molar-refractivity contribution in [2.45, 2.75) is 69.1 Å². The molecule has 0 aromatic heterocycles. The molecule has 0 unspecified atom stereocenters. The van der Waals surface area contributed by atoms with Crippen molar-refractivity contribution in [3.63, 3.8) is 0 Å². The van der Waals surface area contributed by atoms with Gasteiger partial charge in [0.25, 0.3) is 5.91 Å². The number of methoxy groups -OCH3 is 1. The molecule has 10 nitrogen and oxygen atoms in total. The van der Waals surface area contributed by atoms with Gasteiger partial charge in [-0.3, -0.25) is 14.4 Å². The molecule has 4 heterocycles. The normalized spacial score (nSPS) is 26.6. The average Bonchev–Trinajstić information content (AvgIpc) is 3.79. The third kappa shape index (κ3) is 5.74. The number of rotatable bonds is 9. The van der Waals surface area contributed by atoms with Crippen LogP contribution in [0.5, 0.6) is 5.75 Å². The Kier molecular flexibility index (Phi) is 9.36. The Morgan fingerprint density at radius 3 is 2.58 bits per heavy atom. The van der Waals surface area contributed by atoms with Crippen LogP contribution in [0.1, 0.15) is 37.3 Å². The molecular formula is C39H48N4O6Si. The first kappa shape index (κ1) is 34.4. The molecule has 7 rings (SSSR count). The summed E-state index contributed by atoms with van der Waals surface area (Å²) in [5.41, 5.74) is 2.04. The summed E-state index contributed by atoms with van der Waals surface area (Å²) in [6, 6.07) is 23.8. The summed E-state index contributed by atoms with van der Waals surface area (Å²) in [5.74, 6) is 0.416. The molecule has 3 aromatic carbocycles. The first-order valence-corrected chi connectivity index (χ1v) is 20.9. The van der Waals surface area contributed by atoms with Gasteiger partial charge in [0.05, 0.1) is 59.1 Å². The zero-order chi connectivity index (χ0) is 35.2. The number of likely N-dealkylation sites (tertiary alicyclic amines) is 1. The molecule has 4 aliphatic rings. The molecule has 1 spiro atoms. The number of hydrogen-bond acceptors (Lipinski definition) is 7. The Morgan fingerprint density at radius 1 is 1.06 bits per heavy atom. The predicted octanol–water partition coefficient (Wildman–Crippen LogP) is 3.77. The highest BCUT2D eigenvalue weighted by molar-refractivity contribution is 6.91. The number of carbonyl (C=O) groups is 3. The lowest BCUT2D eigenvalue weighted by Gasteiger charge is -2.37. The number of aliphatic hydroxyl groups is 1. The van der Waals surface area contributed by atoms with Crippen LogP contribution in [0.3, 0.4) is 0 Å². The maximum atomic E-state index is 15.1. The quantitative estimate of drug-likeness (QED) is 0.328. The van der Waals surface area contributed by atoms with Crippen LogP contribution in [0.2, 0.25) is 18.6 Å². The summed E-state index contributed by atoms with van der Waals surface area (Å²) in [7, 11) is -0.771. The van der Waals surface area contributed by atoms with Gasteiger partial charge >= 0.3 is 0 Å². The summed E-state index contributed by atoms with van der Waals surface area (Å²) >= 11 is 0. The highest BCUT2D eigenvalue weighted by Gasteiger charge is 2.66. The number of benzene rings is 3. The van der Waals surface area contributed by atoms with Crippen molar-refractivity contribution in [2.24, 2.45) is 5.92 Å². The minimum absolute atomic E-state index is 0.0256. The number of ether oxygens (including phenoxy) is 2. The minimum atomic E-state index is -2.43. The fourth-order valence-corrected chi connectivity index (χ4v) is 13.2. The molecule has 2 N–H and O–H groups in total. The molecule has 3 fully saturated rings. The number of nitrogens with one attached hydrogen (secondary N) is 1. The van der Waals surface area contributed by atoms with Gasteiger partial charge in [-0.05, 0) is 54.3 Å². The molecule has 264 valence electrons. The van der Waals surface area contributed by atoms with Gasteiger partial charge in [-0.25, -0.2) is 0 Å². The van der Waals surface area contributed by atoms with E-state index < -0.39 is 19.8 Å². The van der Waals surface area contributed by atoms with Gasteiger partial charge < -0.3 is 34.6 Å². The average molecular weight is 697 g/mol. The van der Waals surface area contributed by atoms with E-state index in [0.717, 1.165) is 47.6 Å². The molecule has 4 aliphatic heterocycles. The van der Waals surface area contributed by atoms with E-state index in [1.807, 2.05) is 70.5 Å². The van der Waals surface area contributed by atoms with Crippen LogP contribution in [-0.4, -0.2) is 87.8 Å². The van der Waals surface area contributed by atoms with Crippen LogP contribution >= 0.6 is 0 Å². The monoisotopic (exact) mass is 696 g/mol. The van der Waals surface area contributed by atoms with E-state index in [-0.39, 0.29) is 48.3 Å². The number of piperazine rings is 1. The molecule has 50 heavy (non-hydrogen) atoms. The second kappa shape index (κ2) is 13.6. The fraction of sp³-hybridized carbons (Fsp3) is 0.462. The van der Waals surface area contributed by atoms with Crippen molar-refractivity contribution >= 4 is 42.4 Å². The van der Waals surface area contributed by atoms with Crippen LogP contribution in [0.15, 0.2) is 72.8 Å². The molecule has 0 saturated carbocycles. The first-order chi connectivity index (χ1) is 24.1. The lowest BCUT2D eigenvalue weighted by molar-refractivity contribution is -0.150. The second-order valence-corrected chi connectivity index (χ2v) is 19.4. The molecule has 0 radical (unpaired) electrons. The van der Waals surface area contributed by atoms with Crippen molar-refractivity contribution in [1.82, 2.24) is 10.2 Å². The number of hydrogen-bond donors (Lipinski definition) is 2. The van der Waals surface area contributed by atoms with Crippen LogP contribution < -0.4 is 25.0 Å². The number of amides is 3. The summed E-state index contributed by atoms with van der Waals surface area (Å²) in [6.07, 6.45) is 1.30. The van der Waals surface area contributed by atoms with Gasteiger partial charge in [-0.15, -0.1) is 0 Å². The Bertz CT molecular complexity index is 1770. The van der Waals surface area contributed by atoms with E-state index in [4.69, 9.17) is 9.47 Å². The minimum Gasteiger partial charge on any atom is -0.497 e. The molecule has 3 amide bonds. The number of fused-ring (bicyclic) bond motifs is 2. The lowest BCUT2D eigenvalue weighted by Crippen LogP contribution is -2.52.